The molecule has 1 N–H and O–H groups in total. The van der Waals surface area contributed by atoms with Crippen molar-refractivity contribution in [3.05, 3.63) is 59.0 Å². The largest absolute Gasteiger partial charge is 0.496 e. The number of benzene rings is 2. The average molecular weight is 281 g/mol. The van der Waals surface area contributed by atoms with E-state index < -0.39 is 0 Å². The summed E-state index contributed by atoms with van der Waals surface area (Å²) >= 11 is 0. The zero-order valence-electron chi connectivity index (χ0n) is 11.8. The Morgan fingerprint density at radius 3 is 2.62 bits per heavy atom. The number of ether oxygens (including phenoxy) is 1. The second kappa shape index (κ2) is 5.32. The Balaban J connectivity index is 2.29. The Kier molecular flexibility index (Phi) is 3.36. The summed E-state index contributed by atoms with van der Waals surface area (Å²) in [4.78, 5) is 12.3. The van der Waals surface area contributed by atoms with E-state index in [1.54, 1.807) is 13.2 Å². The molecule has 1 aromatic heterocycles. The van der Waals surface area contributed by atoms with Gasteiger partial charge >= 0.3 is 5.63 Å². The Morgan fingerprint density at radius 1 is 1.05 bits per heavy atom. The van der Waals surface area contributed by atoms with Crippen LogP contribution in [0.3, 0.4) is 0 Å². The van der Waals surface area contributed by atoms with Gasteiger partial charge in [-0.1, -0.05) is 18.2 Å². The minimum absolute atomic E-state index is 0.375. The van der Waals surface area contributed by atoms with Gasteiger partial charge in [0, 0.05) is 23.7 Å². The first-order valence-electron chi connectivity index (χ1n) is 6.62. The number of hydrogen-bond donors (Lipinski definition) is 1. The lowest BCUT2D eigenvalue weighted by atomic mass is 10.0. The first kappa shape index (κ1) is 13.2. The highest BCUT2D eigenvalue weighted by Crippen LogP contribution is 2.32. The van der Waals surface area contributed by atoms with Crippen LogP contribution in [0.4, 0.5) is 5.69 Å². The average Bonchev–Trinajstić information content (AvgIpc) is 2.53. The monoisotopic (exact) mass is 281 g/mol. The maximum absolute atomic E-state index is 12.3. The van der Waals surface area contributed by atoms with E-state index in [-0.39, 0.29) is 5.63 Å². The van der Waals surface area contributed by atoms with E-state index in [0.29, 0.717) is 22.5 Å². The standard InChI is InChI=1S/C17H15NO3/c1-18-12-7-8-16(20-2)13(10-12)14-9-11-5-3-4-6-15(11)21-17(14)19/h3-10,18H,1-2H3. The molecule has 0 atom stereocenters. The van der Waals surface area contributed by atoms with Crippen molar-refractivity contribution in [3.8, 4) is 16.9 Å². The van der Waals surface area contributed by atoms with Crippen LogP contribution in [0.2, 0.25) is 0 Å². The Bertz CT molecular complexity index is 852. The Labute approximate surface area is 122 Å². The predicted molar refractivity (Wildman–Crippen MR) is 84.0 cm³/mol. The van der Waals surface area contributed by atoms with Gasteiger partial charge in [0.2, 0.25) is 0 Å². The number of methoxy groups -OCH3 is 1. The smallest absolute Gasteiger partial charge is 0.344 e. The molecule has 0 aliphatic heterocycles. The molecule has 0 saturated carbocycles. The number of anilines is 1. The number of hydrogen-bond acceptors (Lipinski definition) is 4. The quantitative estimate of drug-likeness (QED) is 0.746. The van der Waals surface area contributed by atoms with Crippen molar-refractivity contribution < 1.29 is 9.15 Å². The van der Waals surface area contributed by atoms with Crippen LogP contribution in [-0.4, -0.2) is 14.2 Å². The maximum atomic E-state index is 12.3. The first-order valence-corrected chi connectivity index (χ1v) is 6.62. The third-order valence-electron chi connectivity index (χ3n) is 3.42. The fourth-order valence-electron chi connectivity index (χ4n) is 2.32. The first-order chi connectivity index (χ1) is 10.2. The molecule has 4 heteroatoms. The van der Waals surface area contributed by atoms with Gasteiger partial charge in [-0.05, 0) is 30.3 Å². The molecule has 0 radical (unpaired) electrons. The minimum atomic E-state index is -0.375. The van der Waals surface area contributed by atoms with E-state index in [2.05, 4.69) is 5.32 Å². The van der Waals surface area contributed by atoms with Gasteiger partial charge in [0.25, 0.3) is 0 Å². The lowest BCUT2D eigenvalue weighted by Crippen LogP contribution is -2.04. The molecule has 106 valence electrons. The summed E-state index contributed by atoms with van der Waals surface area (Å²) in [5, 5.41) is 3.94. The van der Waals surface area contributed by atoms with Crippen molar-refractivity contribution in [1.29, 1.82) is 0 Å². The molecule has 0 bridgehead atoms. The van der Waals surface area contributed by atoms with Crippen molar-refractivity contribution in [2.75, 3.05) is 19.5 Å². The summed E-state index contributed by atoms with van der Waals surface area (Å²) in [5.41, 5.74) is 2.31. The van der Waals surface area contributed by atoms with Crippen LogP contribution in [0.1, 0.15) is 0 Å². The van der Waals surface area contributed by atoms with Crippen LogP contribution >= 0.6 is 0 Å². The summed E-state index contributed by atoms with van der Waals surface area (Å²) in [5.74, 6) is 0.636. The lowest BCUT2D eigenvalue weighted by Gasteiger charge is -2.10. The number of rotatable bonds is 3. The topological polar surface area (TPSA) is 51.5 Å². The summed E-state index contributed by atoms with van der Waals surface area (Å²) in [6.07, 6.45) is 0. The van der Waals surface area contributed by atoms with Crippen LogP contribution in [-0.2, 0) is 0 Å². The van der Waals surface area contributed by atoms with Crippen LogP contribution < -0.4 is 15.7 Å². The molecule has 21 heavy (non-hydrogen) atoms. The van der Waals surface area contributed by atoms with Gasteiger partial charge in [-0.3, -0.25) is 0 Å². The molecule has 4 nitrogen and oxygen atoms in total. The molecule has 0 amide bonds. The molecule has 3 rings (SSSR count). The van der Waals surface area contributed by atoms with Crippen LogP contribution in [0, 0.1) is 0 Å². The van der Waals surface area contributed by atoms with Crippen LogP contribution in [0.25, 0.3) is 22.1 Å². The summed E-state index contributed by atoms with van der Waals surface area (Å²) in [6, 6.07) is 14.9. The summed E-state index contributed by atoms with van der Waals surface area (Å²) in [7, 11) is 3.41. The van der Waals surface area contributed by atoms with Crippen molar-refractivity contribution in [3.63, 3.8) is 0 Å². The van der Waals surface area contributed by atoms with Crippen LogP contribution in [0.5, 0.6) is 5.75 Å². The fourth-order valence-corrected chi connectivity index (χ4v) is 2.32. The van der Waals surface area contributed by atoms with Crippen molar-refractivity contribution in [2.45, 2.75) is 0 Å². The van der Waals surface area contributed by atoms with Crippen molar-refractivity contribution in [2.24, 2.45) is 0 Å². The van der Waals surface area contributed by atoms with E-state index in [1.807, 2.05) is 49.5 Å². The van der Waals surface area contributed by atoms with E-state index in [1.165, 1.54) is 0 Å². The molecule has 2 aromatic carbocycles. The Hall–Kier alpha value is -2.75. The van der Waals surface area contributed by atoms with Gasteiger partial charge in [0.15, 0.2) is 0 Å². The normalized spacial score (nSPS) is 10.6. The summed E-state index contributed by atoms with van der Waals surface area (Å²) in [6.45, 7) is 0. The molecule has 0 aliphatic carbocycles. The summed E-state index contributed by atoms with van der Waals surface area (Å²) < 4.78 is 10.7. The lowest BCUT2D eigenvalue weighted by molar-refractivity contribution is 0.416. The molecule has 0 fully saturated rings. The van der Waals surface area contributed by atoms with Crippen molar-refractivity contribution in [1.82, 2.24) is 0 Å². The number of para-hydroxylation sites is 1. The molecular weight excluding hydrogens is 266 g/mol. The molecule has 0 unspecified atom stereocenters. The van der Waals surface area contributed by atoms with Crippen molar-refractivity contribution >= 4 is 16.7 Å². The Morgan fingerprint density at radius 2 is 1.86 bits per heavy atom. The SMILES string of the molecule is CNc1ccc(OC)c(-c2cc3ccccc3oc2=O)c1. The zero-order valence-corrected chi connectivity index (χ0v) is 11.8. The minimum Gasteiger partial charge on any atom is -0.496 e. The van der Waals surface area contributed by atoms with E-state index in [0.717, 1.165) is 11.1 Å². The highest BCUT2D eigenvalue weighted by molar-refractivity contribution is 5.84. The van der Waals surface area contributed by atoms with E-state index in [9.17, 15) is 4.79 Å². The predicted octanol–water partition coefficient (Wildman–Crippen LogP) is 3.51. The molecule has 0 spiro atoms. The number of fused-ring (bicyclic) bond motifs is 1. The van der Waals surface area contributed by atoms with Gasteiger partial charge in [-0.25, -0.2) is 4.79 Å². The van der Waals surface area contributed by atoms with E-state index in [4.69, 9.17) is 9.15 Å². The van der Waals surface area contributed by atoms with Gasteiger partial charge in [-0.15, -0.1) is 0 Å². The fraction of sp³-hybridized carbons (Fsp3) is 0.118. The molecular formula is C17H15NO3. The van der Waals surface area contributed by atoms with Gasteiger partial charge in [-0.2, -0.15) is 0 Å². The second-order valence-corrected chi connectivity index (χ2v) is 4.65. The second-order valence-electron chi connectivity index (χ2n) is 4.65. The maximum Gasteiger partial charge on any atom is 0.344 e. The third-order valence-corrected chi connectivity index (χ3v) is 3.42. The number of nitrogens with one attached hydrogen (secondary N) is 1. The molecule has 0 saturated heterocycles. The third kappa shape index (κ3) is 2.36. The van der Waals surface area contributed by atoms with E-state index >= 15 is 0 Å². The van der Waals surface area contributed by atoms with Gasteiger partial charge in [0.1, 0.15) is 11.3 Å². The van der Waals surface area contributed by atoms with Gasteiger partial charge < -0.3 is 14.5 Å². The highest BCUT2D eigenvalue weighted by Gasteiger charge is 2.13. The molecule has 0 aliphatic rings. The molecule has 1 heterocycles. The van der Waals surface area contributed by atoms with Crippen LogP contribution in [0.15, 0.2) is 57.7 Å². The molecule has 3 aromatic rings. The highest BCUT2D eigenvalue weighted by atomic mass is 16.5. The zero-order chi connectivity index (χ0) is 14.8. The van der Waals surface area contributed by atoms with Gasteiger partial charge in [0.05, 0.1) is 12.7 Å².